The number of allylic oxidation sites excluding steroid dienone is 2. The van der Waals surface area contributed by atoms with Gasteiger partial charge in [-0.25, -0.2) is 0 Å². The van der Waals surface area contributed by atoms with E-state index < -0.39 is 0 Å². The molecule has 21 heavy (non-hydrogen) atoms. The van der Waals surface area contributed by atoms with Gasteiger partial charge in [0.05, 0.1) is 12.7 Å². The Hall–Kier alpha value is -1.29. The largest absolute Gasteiger partial charge is 0.338 e. The number of hydrogen-bond donors (Lipinski definition) is 2. The van der Waals surface area contributed by atoms with E-state index in [9.17, 15) is 4.79 Å². The molecule has 2 N–H and O–H groups in total. The highest BCUT2D eigenvalue weighted by Crippen LogP contribution is 2.25. The SMILES string of the molecule is CC/C=C/CCCCC1NC=C[N+]1(CC)C(C)NC(C)=O. The van der Waals surface area contributed by atoms with E-state index in [4.69, 9.17) is 0 Å². The molecule has 0 saturated heterocycles. The van der Waals surface area contributed by atoms with Gasteiger partial charge in [0.1, 0.15) is 6.20 Å². The Bertz CT molecular complexity index is 378. The molecule has 3 unspecified atom stereocenters. The third-order valence-corrected chi connectivity index (χ3v) is 4.40. The van der Waals surface area contributed by atoms with Crippen LogP contribution in [-0.2, 0) is 4.79 Å². The maximum absolute atomic E-state index is 11.4. The zero-order valence-corrected chi connectivity index (χ0v) is 14.1. The molecule has 4 nitrogen and oxygen atoms in total. The second kappa shape index (κ2) is 8.88. The van der Waals surface area contributed by atoms with Crippen molar-refractivity contribution in [3.05, 3.63) is 24.6 Å². The minimum absolute atomic E-state index is 0.0391. The molecule has 0 radical (unpaired) electrons. The van der Waals surface area contributed by atoms with Crippen LogP contribution in [0.5, 0.6) is 0 Å². The van der Waals surface area contributed by atoms with Crippen LogP contribution in [-0.4, -0.2) is 29.3 Å². The maximum atomic E-state index is 11.4. The molecule has 4 heteroatoms. The van der Waals surface area contributed by atoms with Crippen molar-refractivity contribution >= 4 is 5.91 Å². The van der Waals surface area contributed by atoms with Gasteiger partial charge in [0, 0.05) is 20.3 Å². The van der Waals surface area contributed by atoms with Crippen molar-refractivity contribution in [2.75, 3.05) is 6.54 Å². The van der Waals surface area contributed by atoms with Crippen LogP contribution in [0.1, 0.15) is 59.8 Å². The number of unbranched alkanes of at least 4 members (excludes halogenated alkanes) is 2. The second-order valence-electron chi connectivity index (χ2n) is 5.85. The molecular weight excluding hydrogens is 262 g/mol. The lowest BCUT2D eigenvalue weighted by Gasteiger charge is -2.41. The summed E-state index contributed by atoms with van der Waals surface area (Å²) in [6, 6.07) is 0. The summed E-state index contributed by atoms with van der Waals surface area (Å²) >= 11 is 0. The number of carbonyl (C=O) groups excluding carboxylic acids is 1. The lowest BCUT2D eigenvalue weighted by atomic mass is 10.1. The fourth-order valence-electron chi connectivity index (χ4n) is 3.16. The average molecular weight is 294 g/mol. The first kappa shape index (κ1) is 17.8. The summed E-state index contributed by atoms with van der Waals surface area (Å²) in [4.78, 5) is 11.4. The molecule has 0 aromatic rings. The summed E-state index contributed by atoms with van der Waals surface area (Å²) in [5.41, 5.74) is 0. The smallest absolute Gasteiger partial charge is 0.221 e. The molecule has 0 bridgehead atoms. The minimum atomic E-state index is 0.0391. The molecule has 1 amide bonds. The Morgan fingerprint density at radius 1 is 1.38 bits per heavy atom. The van der Waals surface area contributed by atoms with Gasteiger partial charge in [0.15, 0.2) is 12.3 Å². The molecule has 120 valence electrons. The first-order valence-corrected chi connectivity index (χ1v) is 8.29. The number of hydrogen-bond acceptors (Lipinski definition) is 2. The van der Waals surface area contributed by atoms with Gasteiger partial charge in [-0.05, 0) is 32.6 Å². The second-order valence-corrected chi connectivity index (χ2v) is 5.85. The fraction of sp³-hybridized carbons (Fsp3) is 0.706. The Labute approximate surface area is 129 Å². The topological polar surface area (TPSA) is 41.1 Å². The van der Waals surface area contributed by atoms with Gasteiger partial charge in [0.2, 0.25) is 5.91 Å². The molecule has 0 aromatic carbocycles. The van der Waals surface area contributed by atoms with Gasteiger partial charge in [-0.3, -0.25) is 9.28 Å². The summed E-state index contributed by atoms with van der Waals surface area (Å²) in [5, 5.41) is 6.53. The number of carbonyl (C=O) groups is 1. The van der Waals surface area contributed by atoms with E-state index in [0.29, 0.717) is 6.17 Å². The highest BCUT2D eigenvalue weighted by atomic mass is 16.1. The number of nitrogens with one attached hydrogen (secondary N) is 2. The fourth-order valence-corrected chi connectivity index (χ4v) is 3.16. The molecule has 0 aliphatic carbocycles. The van der Waals surface area contributed by atoms with Crippen molar-refractivity contribution in [3.63, 3.8) is 0 Å². The third kappa shape index (κ3) is 4.88. The predicted octanol–water partition coefficient (Wildman–Crippen LogP) is 3.23. The van der Waals surface area contributed by atoms with Crippen molar-refractivity contribution in [2.45, 2.75) is 72.1 Å². The van der Waals surface area contributed by atoms with Crippen LogP contribution in [0, 0.1) is 0 Å². The quantitative estimate of drug-likeness (QED) is 0.389. The molecular formula is C17H32N3O+. The van der Waals surface area contributed by atoms with Crippen molar-refractivity contribution in [1.82, 2.24) is 10.6 Å². The Balaban J connectivity index is 2.52. The lowest BCUT2D eigenvalue weighted by Crippen LogP contribution is -2.62. The van der Waals surface area contributed by atoms with Crippen molar-refractivity contribution in [3.8, 4) is 0 Å². The summed E-state index contributed by atoms with van der Waals surface area (Å²) in [6.45, 7) is 9.02. The Morgan fingerprint density at radius 2 is 2.14 bits per heavy atom. The van der Waals surface area contributed by atoms with E-state index in [-0.39, 0.29) is 12.1 Å². The van der Waals surface area contributed by atoms with Crippen molar-refractivity contribution in [2.24, 2.45) is 0 Å². The molecule has 3 atom stereocenters. The highest BCUT2D eigenvalue weighted by molar-refractivity contribution is 5.72. The van der Waals surface area contributed by atoms with E-state index in [1.54, 1.807) is 6.92 Å². The number of quaternary nitrogens is 1. The summed E-state index contributed by atoms with van der Waals surface area (Å²) in [5.74, 6) is 0.0391. The van der Waals surface area contributed by atoms with E-state index >= 15 is 0 Å². The molecule has 1 aliphatic heterocycles. The standard InChI is InChI=1S/C17H31N3O/c1-5-7-8-9-10-11-12-17-18-13-14-20(17,6-2)15(3)19-16(4)21/h7-8,13-15,17-18H,5-6,9-12H2,1-4H3/p+1/b8-7+. The summed E-state index contributed by atoms with van der Waals surface area (Å²) in [6.07, 6.45) is 15.1. The van der Waals surface area contributed by atoms with Crippen LogP contribution in [0.15, 0.2) is 24.6 Å². The maximum Gasteiger partial charge on any atom is 0.221 e. The zero-order chi connectivity index (χ0) is 15.7. The van der Waals surface area contributed by atoms with Crippen LogP contribution >= 0.6 is 0 Å². The van der Waals surface area contributed by atoms with Gasteiger partial charge in [-0.1, -0.05) is 19.1 Å². The normalized spacial score (nSPS) is 26.0. The number of amides is 1. The van der Waals surface area contributed by atoms with Crippen LogP contribution < -0.4 is 10.6 Å². The van der Waals surface area contributed by atoms with Crippen LogP contribution in [0.4, 0.5) is 0 Å². The minimum Gasteiger partial charge on any atom is -0.338 e. The molecule has 0 saturated carbocycles. The van der Waals surface area contributed by atoms with E-state index in [2.05, 4.69) is 49.8 Å². The van der Waals surface area contributed by atoms with Gasteiger partial charge >= 0.3 is 0 Å². The molecule has 0 spiro atoms. The summed E-state index contributed by atoms with van der Waals surface area (Å²) in [7, 11) is 0. The zero-order valence-electron chi connectivity index (χ0n) is 14.1. The highest BCUT2D eigenvalue weighted by Gasteiger charge is 2.41. The monoisotopic (exact) mass is 294 g/mol. The molecule has 1 heterocycles. The third-order valence-electron chi connectivity index (χ3n) is 4.40. The molecule has 1 rings (SSSR count). The van der Waals surface area contributed by atoms with Gasteiger partial charge in [-0.2, -0.15) is 0 Å². The van der Waals surface area contributed by atoms with Gasteiger partial charge < -0.3 is 10.6 Å². The Kier molecular flexibility index (Phi) is 7.51. The van der Waals surface area contributed by atoms with Gasteiger partial charge in [0.25, 0.3) is 0 Å². The molecule has 0 fully saturated rings. The van der Waals surface area contributed by atoms with E-state index in [0.717, 1.165) is 23.9 Å². The first-order chi connectivity index (χ1) is 10.1. The molecule has 0 aromatic heterocycles. The Morgan fingerprint density at radius 3 is 2.76 bits per heavy atom. The lowest BCUT2D eigenvalue weighted by molar-refractivity contribution is -0.923. The average Bonchev–Trinajstić information content (AvgIpc) is 2.86. The van der Waals surface area contributed by atoms with E-state index in [1.165, 1.54) is 19.3 Å². The van der Waals surface area contributed by atoms with Crippen LogP contribution in [0.2, 0.25) is 0 Å². The van der Waals surface area contributed by atoms with Crippen LogP contribution in [0.3, 0.4) is 0 Å². The predicted molar refractivity (Wildman–Crippen MR) is 88.0 cm³/mol. The van der Waals surface area contributed by atoms with Crippen molar-refractivity contribution < 1.29 is 9.28 Å². The van der Waals surface area contributed by atoms with E-state index in [1.807, 2.05) is 6.20 Å². The summed E-state index contributed by atoms with van der Waals surface area (Å²) < 4.78 is 0.796. The molecule has 1 aliphatic rings. The number of rotatable bonds is 9. The van der Waals surface area contributed by atoms with Crippen molar-refractivity contribution in [1.29, 1.82) is 0 Å². The first-order valence-electron chi connectivity index (χ1n) is 8.29. The number of nitrogens with zero attached hydrogens (tertiary/aromatic N) is 1. The van der Waals surface area contributed by atoms with Gasteiger partial charge in [-0.15, -0.1) is 0 Å². The van der Waals surface area contributed by atoms with Crippen LogP contribution in [0.25, 0.3) is 0 Å².